The molecule has 0 radical (unpaired) electrons. The maximum atomic E-state index is 12.5. The van der Waals surface area contributed by atoms with Gasteiger partial charge in [-0.3, -0.25) is 19.4 Å². The first-order valence-electron chi connectivity index (χ1n) is 12.6. The number of likely N-dealkylation sites (tertiary alicyclic amines) is 2. The molecule has 2 aliphatic heterocycles. The van der Waals surface area contributed by atoms with Crippen molar-refractivity contribution in [1.29, 1.82) is 0 Å². The molecule has 12 nitrogen and oxygen atoms in total. The van der Waals surface area contributed by atoms with E-state index in [-0.39, 0.29) is 11.8 Å². The molecule has 4 N–H and O–H groups in total. The zero-order valence-electron chi connectivity index (χ0n) is 20.9. The fourth-order valence-corrected chi connectivity index (χ4v) is 4.94. The Kier molecular flexibility index (Phi) is 7.17. The number of aromatic nitrogens is 1. The van der Waals surface area contributed by atoms with Crippen molar-refractivity contribution in [3.8, 4) is 22.8 Å². The summed E-state index contributed by atoms with van der Waals surface area (Å²) in [6, 6.07) is 12.5. The van der Waals surface area contributed by atoms with Crippen LogP contribution >= 0.6 is 0 Å². The SMILES string of the molecule is O=C(Nc1ccc(-c2cnc(-c3ccc(NC(=O)[C@@H]4CCCN4C(=O)O)cc3)o2)cc1)[C@@H]1CCCN1C(=O)O. The predicted octanol–water partition coefficient (Wildman–Crippen LogP) is 4.17. The molecule has 39 heavy (non-hydrogen) atoms. The van der Waals surface area contributed by atoms with Gasteiger partial charge in [0.1, 0.15) is 12.1 Å². The normalized spacial score (nSPS) is 18.7. The van der Waals surface area contributed by atoms with Gasteiger partial charge in [-0.25, -0.2) is 14.6 Å². The second-order valence-electron chi connectivity index (χ2n) is 9.43. The van der Waals surface area contributed by atoms with E-state index in [1.54, 1.807) is 54.7 Å². The fourth-order valence-electron chi connectivity index (χ4n) is 4.94. The standard InChI is InChI=1S/C27H27N5O7/c33-23(20-3-1-13-31(20)26(35)36)29-18-9-5-16(6-10-18)22-15-28-25(39-22)17-7-11-19(12-8-17)30-24(34)21-4-2-14-32(21)27(37)38/h5-12,15,20-21H,1-4,13-14H2,(H,29,33)(H,30,34)(H,35,36)(H,37,38)/t20-,21-/m0/s1. The first-order valence-corrected chi connectivity index (χ1v) is 12.6. The molecule has 0 saturated carbocycles. The number of nitrogens with one attached hydrogen (secondary N) is 2. The largest absolute Gasteiger partial charge is 0.465 e. The van der Waals surface area contributed by atoms with E-state index in [0.717, 1.165) is 15.4 Å². The minimum absolute atomic E-state index is 0.349. The molecule has 2 atom stereocenters. The van der Waals surface area contributed by atoms with Gasteiger partial charge < -0.3 is 25.3 Å². The van der Waals surface area contributed by atoms with Crippen LogP contribution in [0.5, 0.6) is 0 Å². The minimum Gasteiger partial charge on any atom is -0.465 e. The Bertz CT molecular complexity index is 1280. The zero-order valence-corrected chi connectivity index (χ0v) is 20.9. The maximum absolute atomic E-state index is 12.5. The third-order valence-electron chi connectivity index (χ3n) is 6.94. The smallest absolute Gasteiger partial charge is 0.407 e. The number of hydrogen-bond acceptors (Lipinski definition) is 6. The van der Waals surface area contributed by atoms with Gasteiger partial charge in [-0.15, -0.1) is 0 Å². The van der Waals surface area contributed by atoms with E-state index >= 15 is 0 Å². The van der Waals surface area contributed by atoms with Gasteiger partial charge >= 0.3 is 12.2 Å². The molecular weight excluding hydrogens is 506 g/mol. The van der Waals surface area contributed by atoms with E-state index in [9.17, 15) is 29.4 Å². The van der Waals surface area contributed by atoms with Gasteiger partial charge in [0.2, 0.25) is 17.7 Å². The molecule has 2 aromatic carbocycles. The van der Waals surface area contributed by atoms with E-state index in [1.807, 2.05) is 0 Å². The van der Waals surface area contributed by atoms with Crippen LogP contribution in [-0.4, -0.2) is 74.2 Å². The summed E-state index contributed by atoms with van der Waals surface area (Å²) in [5.74, 6) is 0.182. The molecular formula is C27H27N5O7. The average Bonchev–Trinajstić information content (AvgIpc) is 3.70. The average molecular weight is 534 g/mol. The number of amides is 4. The lowest BCUT2D eigenvalue weighted by atomic mass is 10.1. The quantitative estimate of drug-likeness (QED) is 0.366. The number of nitrogens with zero attached hydrogens (tertiary/aromatic N) is 3. The van der Waals surface area contributed by atoms with Gasteiger partial charge in [-0.2, -0.15) is 0 Å². The first kappa shape index (κ1) is 25.8. The number of anilines is 2. The Balaban J connectivity index is 1.20. The Morgan fingerprint density at radius 3 is 1.67 bits per heavy atom. The van der Waals surface area contributed by atoms with E-state index in [1.165, 1.54) is 0 Å². The highest BCUT2D eigenvalue weighted by Gasteiger charge is 2.35. The lowest BCUT2D eigenvalue weighted by molar-refractivity contribution is -0.120. The van der Waals surface area contributed by atoms with Gasteiger partial charge in [0.25, 0.3) is 0 Å². The molecule has 1 aromatic heterocycles. The third-order valence-corrected chi connectivity index (χ3v) is 6.94. The fraction of sp³-hybridized carbons (Fsp3) is 0.296. The molecule has 2 saturated heterocycles. The molecule has 0 aliphatic carbocycles. The highest BCUT2D eigenvalue weighted by atomic mass is 16.4. The van der Waals surface area contributed by atoms with Crippen LogP contribution in [0.2, 0.25) is 0 Å². The van der Waals surface area contributed by atoms with Crippen LogP contribution in [-0.2, 0) is 9.59 Å². The second kappa shape index (κ2) is 10.9. The lowest BCUT2D eigenvalue weighted by Crippen LogP contribution is -2.42. The topological polar surface area (TPSA) is 165 Å². The molecule has 202 valence electrons. The Morgan fingerprint density at radius 2 is 1.21 bits per heavy atom. The number of oxazole rings is 1. The predicted molar refractivity (Wildman–Crippen MR) is 140 cm³/mol. The van der Waals surface area contributed by atoms with Crippen LogP contribution in [0.15, 0.2) is 59.1 Å². The number of carboxylic acid groups (broad SMARTS) is 2. The molecule has 0 spiro atoms. The Labute approximate surface area is 223 Å². The summed E-state index contributed by atoms with van der Waals surface area (Å²) in [7, 11) is 0. The summed E-state index contributed by atoms with van der Waals surface area (Å²) < 4.78 is 5.91. The number of carbonyl (C=O) groups is 4. The molecule has 12 heteroatoms. The van der Waals surface area contributed by atoms with Gasteiger partial charge in [-0.1, -0.05) is 0 Å². The molecule has 2 aliphatic rings. The van der Waals surface area contributed by atoms with E-state index in [2.05, 4.69) is 15.6 Å². The van der Waals surface area contributed by atoms with Crippen LogP contribution < -0.4 is 10.6 Å². The van der Waals surface area contributed by atoms with Crippen LogP contribution in [0.1, 0.15) is 25.7 Å². The summed E-state index contributed by atoms with van der Waals surface area (Å²) in [5.41, 5.74) is 2.51. The van der Waals surface area contributed by atoms with Crippen molar-refractivity contribution in [3.05, 3.63) is 54.7 Å². The zero-order chi connectivity index (χ0) is 27.5. The second-order valence-corrected chi connectivity index (χ2v) is 9.43. The van der Waals surface area contributed by atoms with Gasteiger partial charge in [-0.05, 0) is 74.2 Å². The molecule has 4 amide bonds. The number of benzene rings is 2. The molecule has 0 bridgehead atoms. The highest BCUT2D eigenvalue weighted by molar-refractivity contribution is 5.97. The Morgan fingerprint density at radius 1 is 0.744 bits per heavy atom. The van der Waals surface area contributed by atoms with Gasteiger partial charge in [0.05, 0.1) is 6.20 Å². The number of rotatable bonds is 6. The van der Waals surface area contributed by atoms with Crippen LogP contribution in [0.25, 0.3) is 22.8 Å². The number of hydrogen-bond donors (Lipinski definition) is 4. The van der Waals surface area contributed by atoms with Crippen molar-refractivity contribution >= 4 is 35.4 Å². The van der Waals surface area contributed by atoms with Crippen LogP contribution in [0, 0.1) is 0 Å². The molecule has 5 rings (SSSR count). The maximum Gasteiger partial charge on any atom is 0.407 e. The summed E-state index contributed by atoms with van der Waals surface area (Å²) in [5, 5.41) is 24.0. The van der Waals surface area contributed by atoms with Crippen molar-refractivity contribution < 1.29 is 33.8 Å². The summed E-state index contributed by atoms with van der Waals surface area (Å²) in [4.78, 5) is 54.3. The number of carbonyl (C=O) groups excluding carboxylic acids is 2. The Hall–Kier alpha value is -4.87. The lowest BCUT2D eigenvalue weighted by Gasteiger charge is -2.20. The van der Waals surface area contributed by atoms with Crippen molar-refractivity contribution in [2.45, 2.75) is 37.8 Å². The van der Waals surface area contributed by atoms with Gasteiger partial charge in [0.15, 0.2) is 5.76 Å². The van der Waals surface area contributed by atoms with Crippen molar-refractivity contribution in [2.24, 2.45) is 0 Å². The van der Waals surface area contributed by atoms with Crippen molar-refractivity contribution in [3.63, 3.8) is 0 Å². The van der Waals surface area contributed by atoms with Gasteiger partial charge in [0, 0.05) is 35.6 Å². The summed E-state index contributed by atoms with van der Waals surface area (Å²) in [6.45, 7) is 0.700. The monoisotopic (exact) mass is 533 g/mol. The van der Waals surface area contributed by atoms with E-state index < -0.39 is 24.3 Å². The van der Waals surface area contributed by atoms with E-state index in [0.29, 0.717) is 67.4 Å². The molecule has 2 fully saturated rings. The molecule has 0 unspecified atom stereocenters. The van der Waals surface area contributed by atoms with Crippen LogP contribution in [0.3, 0.4) is 0 Å². The minimum atomic E-state index is -1.10. The van der Waals surface area contributed by atoms with Crippen molar-refractivity contribution in [1.82, 2.24) is 14.8 Å². The highest BCUT2D eigenvalue weighted by Crippen LogP contribution is 2.28. The first-order chi connectivity index (χ1) is 18.8. The molecule has 3 heterocycles. The van der Waals surface area contributed by atoms with Crippen LogP contribution in [0.4, 0.5) is 21.0 Å². The summed E-state index contributed by atoms with van der Waals surface area (Å²) >= 11 is 0. The van der Waals surface area contributed by atoms with E-state index in [4.69, 9.17) is 4.42 Å². The van der Waals surface area contributed by atoms with Crippen molar-refractivity contribution in [2.75, 3.05) is 23.7 Å². The summed E-state index contributed by atoms with van der Waals surface area (Å²) in [6.07, 6.45) is 1.68. The third kappa shape index (κ3) is 5.54. The molecule has 3 aromatic rings.